The molecule has 2 atom stereocenters. The Kier molecular flexibility index (Phi) is 6.46. The van der Waals surface area contributed by atoms with Gasteiger partial charge in [-0.1, -0.05) is 13.3 Å². The van der Waals surface area contributed by atoms with E-state index in [9.17, 15) is 9.59 Å². The fourth-order valence-corrected chi connectivity index (χ4v) is 2.79. The molecule has 0 aromatic rings. The fourth-order valence-electron chi connectivity index (χ4n) is 2.79. The molecule has 1 aliphatic heterocycles. The van der Waals surface area contributed by atoms with Gasteiger partial charge in [-0.25, -0.2) is 0 Å². The van der Waals surface area contributed by atoms with Gasteiger partial charge in [-0.2, -0.15) is 0 Å². The molecule has 0 saturated carbocycles. The summed E-state index contributed by atoms with van der Waals surface area (Å²) < 4.78 is 0. The van der Waals surface area contributed by atoms with Crippen molar-refractivity contribution < 1.29 is 9.59 Å². The van der Waals surface area contributed by atoms with E-state index in [4.69, 9.17) is 0 Å². The second-order valence-electron chi connectivity index (χ2n) is 6.17. The lowest BCUT2D eigenvalue weighted by Gasteiger charge is -2.37. The van der Waals surface area contributed by atoms with E-state index in [1.807, 2.05) is 13.8 Å². The van der Waals surface area contributed by atoms with Gasteiger partial charge in [0.2, 0.25) is 11.8 Å². The standard InChI is InChI=1S/C15H29N3O2/c1-5-7-15(8-6-9-16-10-15)14(20)18-12(4)13(19)17-11(2)3/h11-12,16H,5-10H2,1-4H3,(H,17,19)(H,18,20). The van der Waals surface area contributed by atoms with Crippen LogP contribution in [0.25, 0.3) is 0 Å². The maximum atomic E-state index is 12.6. The lowest BCUT2D eigenvalue weighted by atomic mass is 9.76. The molecule has 1 heterocycles. The van der Waals surface area contributed by atoms with Gasteiger partial charge in [0.05, 0.1) is 5.41 Å². The van der Waals surface area contributed by atoms with Gasteiger partial charge in [0, 0.05) is 12.6 Å². The van der Waals surface area contributed by atoms with Gasteiger partial charge >= 0.3 is 0 Å². The molecule has 1 rings (SSSR count). The Morgan fingerprint density at radius 1 is 1.25 bits per heavy atom. The van der Waals surface area contributed by atoms with Crippen LogP contribution in [0.15, 0.2) is 0 Å². The Labute approximate surface area is 122 Å². The van der Waals surface area contributed by atoms with Gasteiger partial charge < -0.3 is 16.0 Å². The molecule has 2 unspecified atom stereocenters. The van der Waals surface area contributed by atoms with Crippen LogP contribution in [0.5, 0.6) is 0 Å². The molecule has 20 heavy (non-hydrogen) atoms. The first-order valence-electron chi connectivity index (χ1n) is 7.73. The first-order chi connectivity index (χ1) is 9.41. The normalized spacial score (nSPS) is 24.2. The van der Waals surface area contributed by atoms with Gasteiger partial charge in [0.1, 0.15) is 6.04 Å². The quantitative estimate of drug-likeness (QED) is 0.685. The van der Waals surface area contributed by atoms with Gasteiger partial charge in [-0.3, -0.25) is 9.59 Å². The second kappa shape index (κ2) is 7.62. The van der Waals surface area contributed by atoms with Crippen LogP contribution in [0.1, 0.15) is 53.4 Å². The predicted molar refractivity (Wildman–Crippen MR) is 80.3 cm³/mol. The van der Waals surface area contributed by atoms with E-state index >= 15 is 0 Å². The first kappa shape index (κ1) is 17.0. The first-order valence-corrected chi connectivity index (χ1v) is 7.73. The van der Waals surface area contributed by atoms with Crippen molar-refractivity contribution in [1.29, 1.82) is 0 Å². The zero-order valence-corrected chi connectivity index (χ0v) is 13.2. The van der Waals surface area contributed by atoms with E-state index in [-0.39, 0.29) is 23.3 Å². The molecule has 0 radical (unpaired) electrons. The lowest BCUT2D eigenvalue weighted by molar-refractivity contribution is -0.136. The third kappa shape index (κ3) is 4.47. The predicted octanol–water partition coefficient (Wildman–Crippen LogP) is 1.19. The van der Waals surface area contributed by atoms with E-state index in [2.05, 4.69) is 22.9 Å². The number of rotatable bonds is 6. The van der Waals surface area contributed by atoms with E-state index in [0.717, 1.165) is 32.2 Å². The molecule has 116 valence electrons. The summed E-state index contributed by atoms with van der Waals surface area (Å²) in [4.78, 5) is 24.5. The number of piperidine rings is 1. The van der Waals surface area contributed by atoms with Crippen molar-refractivity contribution in [2.45, 2.75) is 65.5 Å². The van der Waals surface area contributed by atoms with Crippen molar-refractivity contribution >= 4 is 11.8 Å². The summed E-state index contributed by atoms with van der Waals surface area (Å²) in [5, 5.41) is 9.03. The van der Waals surface area contributed by atoms with E-state index in [1.165, 1.54) is 0 Å². The van der Waals surface area contributed by atoms with Crippen LogP contribution < -0.4 is 16.0 Å². The van der Waals surface area contributed by atoms with Crippen molar-refractivity contribution in [3.63, 3.8) is 0 Å². The third-order valence-electron chi connectivity index (χ3n) is 3.85. The average molecular weight is 283 g/mol. The molecule has 0 bridgehead atoms. The summed E-state index contributed by atoms with van der Waals surface area (Å²) in [7, 11) is 0. The van der Waals surface area contributed by atoms with Gasteiger partial charge in [0.25, 0.3) is 0 Å². The van der Waals surface area contributed by atoms with Crippen LogP contribution in [0.2, 0.25) is 0 Å². The number of amides is 2. The lowest BCUT2D eigenvalue weighted by Crippen LogP contribution is -2.55. The highest BCUT2D eigenvalue weighted by Crippen LogP contribution is 2.31. The molecule has 2 amide bonds. The van der Waals surface area contributed by atoms with Crippen LogP contribution in [-0.2, 0) is 9.59 Å². The Bertz CT molecular complexity index is 331. The molecule has 5 heteroatoms. The third-order valence-corrected chi connectivity index (χ3v) is 3.85. The number of carbonyl (C=O) groups is 2. The van der Waals surface area contributed by atoms with Crippen molar-refractivity contribution in [3.05, 3.63) is 0 Å². The Balaban J connectivity index is 2.64. The summed E-state index contributed by atoms with van der Waals surface area (Å²) in [6, 6.07) is -0.400. The Hall–Kier alpha value is -1.10. The molecule has 3 N–H and O–H groups in total. The number of hydrogen-bond acceptors (Lipinski definition) is 3. The molecule has 0 spiro atoms. The van der Waals surface area contributed by atoms with Crippen LogP contribution in [0.3, 0.4) is 0 Å². The minimum atomic E-state index is -0.486. The van der Waals surface area contributed by atoms with Gasteiger partial charge in [-0.15, -0.1) is 0 Å². The van der Waals surface area contributed by atoms with Crippen molar-refractivity contribution in [2.24, 2.45) is 5.41 Å². The zero-order valence-electron chi connectivity index (χ0n) is 13.2. The number of hydrogen-bond donors (Lipinski definition) is 3. The van der Waals surface area contributed by atoms with Gasteiger partial charge in [-0.05, 0) is 46.6 Å². The highest BCUT2D eigenvalue weighted by Gasteiger charge is 2.39. The number of nitrogens with one attached hydrogen (secondary N) is 3. The van der Waals surface area contributed by atoms with Crippen LogP contribution in [0, 0.1) is 5.41 Å². The summed E-state index contributed by atoms with van der Waals surface area (Å²) in [6.07, 6.45) is 3.75. The smallest absolute Gasteiger partial charge is 0.242 e. The molecule has 0 aliphatic carbocycles. The summed E-state index contributed by atoms with van der Waals surface area (Å²) >= 11 is 0. The molecule has 0 aromatic carbocycles. The summed E-state index contributed by atoms with van der Waals surface area (Å²) in [5.74, 6) is -0.110. The zero-order chi connectivity index (χ0) is 15.2. The second-order valence-corrected chi connectivity index (χ2v) is 6.17. The highest BCUT2D eigenvalue weighted by molar-refractivity contribution is 5.90. The fraction of sp³-hybridized carbons (Fsp3) is 0.867. The van der Waals surface area contributed by atoms with E-state index in [0.29, 0.717) is 6.54 Å². The van der Waals surface area contributed by atoms with Crippen LogP contribution in [0.4, 0.5) is 0 Å². The van der Waals surface area contributed by atoms with Crippen LogP contribution in [-0.4, -0.2) is 37.0 Å². The van der Waals surface area contributed by atoms with Crippen LogP contribution >= 0.6 is 0 Å². The number of carbonyl (C=O) groups excluding carboxylic acids is 2. The summed E-state index contributed by atoms with van der Waals surface area (Å²) in [6.45, 7) is 9.35. The molecule has 0 aromatic heterocycles. The Morgan fingerprint density at radius 3 is 2.45 bits per heavy atom. The van der Waals surface area contributed by atoms with Crippen molar-refractivity contribution in [2.75, 3.05) is 13.1 Å². The largest absolute Gasteiger partial charge is 0.352 e. The maximum absolute atomic E-state index is 12.6. The maximum Gasteiger partial charge on any atom is 0.242 e. The average Bonchev–Trinajstić information content (AvgIpc) is 2.39. The highest BCUT2D eigenvalue weighted by atomic mass is 16.2. The molecular weight excluding hydrogens is 254 g/mol. The SMILES string of the molecule is CCCC1(C(=O)NC(C)C(=O)NC(C)C)CCCNC1. The molecule has 5 nitrogen and oxygen atoms in total. The van der Waals surface area contributed by atoms with Crippen molar-refractivity contribution in [1.82, 2.24) is 16.0 Å². The van der Waals surface area contributed by atoms with E-state index < -0.39 is 6.04 Å². The van der Waals surface area contributed by atoms with Gasteiger partial charge in [0.15, 0.2) is 0 Å². The monoisotopic (exact) mass is 283 g/mol. The molecule has 1 fully saturated rings. The molecular formula is C15H29N3O2. The Morgan fingerprint density at radius 2 is 1.95 bits per heavy atom. The van der Waals surface area contributed by atoms with Crippen molar-refractivity contribution in [3.8, 4) is 0 Å². The topological polar surface area (TPSA) is 70.2 Å². The summed E-state index contributed by atoms with van der Waals surface area (Å²) in [5.41, 5.74) is -0.348. The van der Waals surface area contributed by atoms with E-state index in [1.54, 1.807) is 6.92 Å². The minimum absolute atomic E-state index is 0.0120. The molecule has 1 saturated heterocycles. The molecule has 1 aliphatic rings. The minimum Gasteiger partial charge on any atom is -0.352 e.